The van der Waals surface area contributed by atoms with Crippen LogP contribution in [0.5, 0.6) is 0 Å². The van der Waals surface area contributed by atoms with Crippen LogP contribution in [0.25, 0.3) is 10.9 Å². The molecule has 0 aliphatic carbocycles. The van der Waals surface area contributed by atoms with E-state index >= 15 is 0 Å². The Morgan fingerprint density at radius 1 is 1.54 bits per heavy atom. The van der Waals surface area contributed by atoms with Crippen LogP contribution >= 0.6 is 15.9 Å². The molecule has 0 radical (unpaired) electrons. The lowest BCUT2D eigenvalue weighted by atomic mass is 10.2. The van der Waals surface area contributed by atoms with Crippen molar-refractivity contribution in [2.45, 2.75) is 13.3 Å². The molecule has 0 saturated heterocycles. The first-order chi connectivity index (χ1) is 6.22. The van der Waals surface area contributed by atoms with Crippen LogP contribution in [0.4, 0.5) is 4.39 Å². The van der Waals surface area contributed by atoms with Gasteiger partial charge < -0.3 is 0 Å². The molecule has 0 aliphatic heterocycles. The minimum Gasteiger partial charge on any atom is -0.281 e. The van der Waals surface area contributed by atoms with Gasteiger partial charge >= 0.3 is 0 Å². The summed E-state index contributed by atoms with van der Waals surface area (Å²) in [6, 6.07) is 3.30. The number of hydrogen-bond donors (Lipinski definition) is 1. The molecule has 2 rings (SSSR count). The summed E-state index contributed by atoms with van der Waals surface area (Å²) in [5, 5.41) is 7.59. The summed E-state index contributed by atoms with van der Waals surface area (Å²) in [4.78, 5) is 0. The summed E-state index contributed by atoms with van der Waals surface area (Å²) >= 11 is 3.25. The van der Waals surface area contributed by atoms with Crippen LogP contribution in [0.15, 0.2) is 16.6 Å². The maximum Gasteiger partial charge on any atom is 0.152 e. The van der Waals surface area contributed by atoms with Crippen molar-refractivity contribution in [1.29, 1.82) is 0 Å². The van der Waals surface area contributed by atoms with Crippen LogP contribution in [0.2, 0.25) is 0 Å². The van der Waals surface area contributed by atoms with Crippen molar-refractivity contribution in [1.82, 2.24) is 10.2 Å². The minimum absolute atomic E-state index is 0.291. The van der Waals surface area contributed by atoms with Crippen molar-refractivity contribution in [3.8, 4) is 0 Å². The number of nitrogens with one attached hydrogen (secondary N) is 1. The molecule has 13 heavy (non-hydrogen) atoms. The van der Waals surface area contributed by atoms with Gasteiger partial charge in [0.05, 0.1) is 0 Å². The summed E-state index contributed by atoms with van der Waals surface area (Å²) in [7, 11) is 0. The van der Waals surface area contributed by atoms with Gasteiger partial charge in [-0.25, -0.2) is 4.39 Å². The summed E-state index contributed by atoms with van der Waals surface area (Å²) in [6.45, 7) is 2.01. The number of nitrogens with zero attached hydrogens (tertiary/aromatic N) is 1. The van der Waals surface area contributed by atoms with Gasteiger partial charge in [-0.3, -0.25) is 5.10 Å². The van der Waals surface area contributed by atoms with Gasteiger partial charge in [-0.05, 0) is 18.6 Å². The summed E-state index contributed by atoms with van der Waals surface area (Å²) in [5.74, 6) is -0.291. The number of fused-ring (bicyclic) bond motifs is 1. The Morgan fingerprint density at radius 3 is 3.00 bits per heavy atom. The van der Waals surface area contributed by atoms with Gasteiger partial charge in [-0.2, -0.15) is 5.10 Å². The Morgan fingerprint density at radius 2 is 2.31 bits per heavy atom. The average Bonchev–Trinajstić information content (AvgIpc) is 2.47. The highest BCUT2D eigenvalue weighted by atomic mass is 79.9. The third-order valence-electron chi connectivity index (χ3n) is 2.01. The second kappa shape index (κ2) is 3.10. The second-order valence-electron chi connectivity index (χ2n) is 2.84. The maximum absolute atomic E-state index is 13.3. The van der Waals surface area contributed by atoms with Crippen LogP contribution in [0, 0.1) is 5.82 Å². The standard InChI is InChI=1S/C9H8BrFN2/c1-2-8-6-3-5(10)4-7(11)9(6)13-12-8/h3-4H,2H2,1H3,(H,12,13). The molecule has 68 valence electrons. The van der Waals surface area contributed by atoms with Crippen LogP contribution in [-0.2, 0) is 6.42 Å². The van der Waals surface area contributed by atoms with Gasteiger partial charge in [0.15, 0.2) is 5.82 Å². The SMILES string of the molecule is CCc1[nH]nc2c(F)cc(Br)cc12. The topological polar surface area (TPSA) is 28.7 Å². The number of aryl methyl sites for hydroxylation is 1. The lowest BCUT2D eigenvalue weighted by Gasteiger charge is -1.94. The predicted octanol–water partition coefficient (Wildman–Crippen LogP) is 3.03. The van der Waals surface area contributed by atoms with Gasteiger partial charge in [0.25, 0.3) is 0 Å². The minimum atomic E-state index is -0.291. The van der Waals surface area contributed by atoms with E-state index in [1.54, 1.807) is 0 Å². The largest absolute Gasteiger partial charge is 0.281 e. The smallest absolute Gasteiger partial charge is 0.152 e. The maximum atomic E-state index is 13.3. The molecule has 0 fully saturated rings. The van der Waals surface area contributed by atoms with Gasteiger partial charge in [0.2, 0.25) is 0 Å². The van der Waals surface area contributed by atoms with E-state index in [4.69, 9.17) is 0 Å². The first-order valence-electron chi connectivity index (χ1n) is 4.04. The Bertz CT molecular complexity index is 450. The van der Waals surface area contributed by atoms with E-state index in [1.165, 1.54) is 6.07 Å². The Kier molecular flexibility index (Phi) is 2.07. The molecular weight excluding hydrogens is 235 g/mol. The van der Waals surface area contributed by atoms with Crippen molar-refractivity contribution in [2.24, 2.45) is 0 Å². The monoisotopic (exact) mass is 242 g/mol. The zero-order chi connectivity index (χ0) is 9.42. The highest BCUT2D eigenvalue weighted by Gasteiger charge is 2.08. The van der Waals surface area contributed by atoms with E-state index < -0.39 is 0 Å². The number of hydrogen-bond acceptors (Lipinski definition) is 1. The number of aromatic nitrogens is 2. The number of halogens is 2. The Labute approximate surface area is 83.3 Å². The summed E-state index contributed by atoms with van der Waals surface area (Å²) < 4.78 is 14.0. The Hall–Kier alpha value is -0.900. The first kappa shape index (κ1) is 8.69. The quantitative estimate of drug-likeness (QED) is 0.819. The summed E-state index contributed by atoms with van der Waals surface area (Å²) in [6.07, 6.45) is 0.826. The van der Waals surface area contributed by atoms with Gasteiger partial charge in [0.1, 0.15) is 5.52 Å². The number of benzene rings is 1. The average molecular weight is 243 g/mol. The fourth-order valence-electron chi connectivity index (χ4n) is 1.36. The Balaban J connectivity index is 2.82. The van der Waals surface area contributed by atoms with Crippen LogP contribution in [-0.4, -0.2) is 10.2 Å². The fourth-order valence-corrected chi connectivity index (χ4v) is 1.79. The lowest BCUT2D eigenvalue weighted by Crippen LogP contribution is -1.80. The zero-order valence-corrected chi connectivity index (χ0v) is 8.65. The molecule has 2 aromatic rings. The molecule has 1 aromatic carbocycles. The third kappa shape index (κ3) is 1.35. The number of H-pyrrole nitrogens is 1. The van der Waals surface area contributed by atoms with Crippen molar-refractivity contribution < 1.29 is 4.39 Å². The van der Waals surface area contributed by atoms with Crippen molar-refractivity contribution in [2.75, 3.05) is 0 Å². The van der Waals surface area contributed by atoms with Crippen LogP contribution in [0.1, 0.15) is 12.6 Å². The predicted molar refractivity (Wildman–Crippen MR) is 53.1 cm³/mol. The molecule has 1 N–H and O–H groups in total. The van der Waals surface area contributed by atoms with Crippen molar-refractivity contribution >= 4 is 26.8 Å². The van der Waals surface area contributed by atoms with Crippen LogP contribution in [0.3, 0.4) is 0 Å². The molecule has 0 amide bonds. The first-order valence-corrected chi connectivity index (χ1v) is 4.83. The van der Waals surface area contributed by atoms with Gasteiger partial charge in [0, 0.05) is 15.6 Å². The fraction of sp³-hybridized carbons (Fsp3) is 0.222. The van der Waals surface area contributed by atoms with E-state index in [-0.39, 0.29) is 5.82 Å². The van der Waals surface area contributed by atoms with Crippen LogP contribution < -0.4 is 0 Å². The molecule has 4 heteroatoms. The summed E-state index contributed by atoms with van der Waals surface area (Å²) in [5.41, 5.74) is 1.38. The van der Waals surface area contributed by atoms with E-state index in [0.29, 0.717) is 5.52 Å². The highest BCUT2D eigenvalue weighted by Crippen LogP contribution is 2.24. The molecule has 0 saturated carbocycles. The van der Waals surface area contributed by atoms with E-state index in [2.05, 4.69) is 26.1 Å². The normalized spacial score (nSPS) is 11.0. The molecule has 0 unspecified atom stereocenters. The highest BCUT2D eigenvalue weighted by molar-refractivity contribution is 9.10. The van der Waals surface area contributed by atoms with Crippen molar-refractivity contribution in [3.63, 3.8) is 0 Å². The molecule has 2 nitrogen and oxygen atoms in total. The number of aromatic amines is 1. The van der Waals surface area contributed by atoms with E-state index in [0.717, 1.165) is 22.0 Å². The molecule has 0 bridgehead atoms. The van der Waals surface area contributed by atoms with E-state index in [9.17, 15) is 4.39 Å². The van der Waals surface area contributed by atoms with Gasteiger partial charge in [-0.1, -0.05) is 22.9 Å². The van der Waals surface area contributed by atoms with E-state index in [1.807, 2.05) is 13.0 Å². The lowest BCUT2D eigenvalue weighted by molar-refractivity contribution is 0.635. The third-order valence-corrected chi connectivity index (χ3v) is 2.47. The molecule has 0 atom stereocenters. The molecule has 0 aliphatic rings. The zero-order valence-electron chi connectivity index (χ0n) is 7.06. The van der Waals surface area contributed by atoms with Gasteiger partial charge in [-0.15, -0.1) is 0 Å². The molecule has 1 heterocycles. The number of rotatable bonds is 1. The van der Waals surface area contributed by atoms with Crippen molar-refractivity contribution in [3.05, 3.63) is 28.1 Å². The molecule has 0 spiro atoms. The second-order valence-corrected chi connectivity index (χ2v) is 3.76. The molecule has 1 aromatic heterocycles. The molecular formula is C9H8BrFN2.